The number of ether oxygens (including phenoxy) is 2. The molecule has 0 saturated carbocycles. The van der Waals surface area contributed by atoms with Gasteiger partial charge in [-0.1, -0.05) is 25.5 Å². The normalized spacial score (nSPS) is 10.3. The monoisotopic (exact) mass is 359 g/mol. The van der Waals surface area contributed by atoms with Crippen LogP contribution in [0, 0.1) is 5.82 Å². The number of hydrogen-bond donors (Lipinski definition) is 1. The smallest absolute Gasteiger partial charge is 0.341 e. The van der Waals surface area contributed by atoms with E-state index < -0.39 is 24.3 Å². The number of methoxy groups -OCH3 is 1. The molecule has 2 aromatic carbocycles. The van der Waals surface area contributed by atoms with Crippen LogP contribution in [0.1, 0.15) is 35.7 Å². The van der Waals surface area contributed by atoms with Crippen LogP contribution in [-0.2, 0) is 16.0 Å². The highest BCUT2D eigenvalue weighted by atomic mass is 19.1. The maximum Gasteiger partial charge on any atom is 0.341 e. The number of carbonyl (C=O) groups is 2. The topological polar surface area (TPSA) is 64.6 Å². The Morgan fingerprint density at radius 3 is 2.46 bits per heavy atom. The van der Waals surface area contributed by atoms with Crippen molar-refractivity contribution >= 4 is 17.6 Å². The van der Waals surface area contributed by atoms with Gasteiger partial charge in [0.2, 0.25) is 0 Å². The van der Waals surface area contributed by atoms with Crippen LogP contribution < -0.4 is 10.1 Å². The molecule has 0 aromatic heterocycles. The first kappa shape index (κ1) is 19.4. The van der Waals surface area contributed by atoms with Crippen molar-refractivity contribution in [1.29, 1.82) is 0 Å². The summed E-state index contributed by atoms with van der Waals surface area (Å²) in [6, 6.07) is 11.3. The van der Waals surface area contributed by atoms with Crippen molar-refractivity contribution in [2.45, 2.75) is 26.2 Å². The van der Waals surface area contributed by atoms with E-state index in [-0.39, 0.29) is 5.56 Å². The molecule has 0 heterocycles. The van der Waals surface area contributed by atoms with E-state index in [4.69, 9.17) is 9.47 Å². The summed E-state index contributed by atoms with van der Waals surface area (Å²) in [5.74, 6) is -1.87. The molecular formula is C20H22FNO4. The largest absolute Gasteiger partial charge is 0.497 e. The van der Waals surface area contributed by atoms with E-state index in [0.29, 0.717) is 11.4 Å². The number of amides is 1. The van der Waals surface area contributed by atoms with Gasteiger partial charge in [-0.25, -0.2) is 9.18 Å². The molecule has 1 N–H and O–H groups in total. The number of carbonyl (C=O) groups excluding carboxylic acids is 2. The maximum atomic E-state index is 13.8. The van der Waals surface area contributed by atoms with Crippen LogP contribution in [0.3, 0.4) is 0 Å². The fourth-order valence-electron chi connectivity index (χ4n) is 2.33. The number of unbranched alkanes of at least 4 members (excludes halogenated alkanes) is 1. The van der Waals surface area contributed by atoms with Crippen molar-refractivity contribution in [2.75, 3.05) is 19.0 Å². The van der Waals surface area contributed by atoms with Crippen LogP contribution in [0.5, 0.6) is 5.75 Å². The first-order chi connectivity index (χ1) is 12.5. The predicted octanol–water partition coefficient (Wildman–Crippen LogP) is 3.97. The van der Waals surface area contributed by atoms with Gasteiger partial charge in [0, 0.05) is 11.8 Å². The molecule has 2 aromatic rings. The van der Waals surface area contributed by atoms with E-state index in [1.807, 2.05) is 12.1 Å². The number of nitrogens with one attached hydrogen (secondary N) is 1. The second-order valence-electron chi connectivity index (χ2n) is 5.77. The van der Waals surface area contributed by atoms with Crippen LogP contribution in [0.4, 0.5) is 10.1 Å². The van der Waals surface area contributed by atoms with Crippen molar-refractivity contribution in [1.82, 2.24) is 0 Å². The van der Waals surface area contributed by atoms with Crippen molar-refractivity contribution < 1.29 is 23.5 Å². The number of halogens is 1. The lowest BCUT2D eigenvalue weighted by atomic mass is 10.1. The average molecular weight is 359 g/mol. The first-order valence-electron chi connectivity index (χ1n) is 8.43. The summed E-state index contributed by atoms with van der Waals surface area (Å²) in [5.41, 5.74) is 1.56. The minimum absolute atomic E-state index is 0.251. The number of benzene rings is 2. The second kappa shape index (κ2) is 9.56. The Hall–Kier alpha value is -2.89. The number of anilines is 1. The van der Waals surface area contributed by atoms with Gasteiger partial charge in [-0.2, -0.15) is 0 Å². The molecule has 0 aliphatic rings. The zero-order valence-corrected chi connectivity index (χ0v) is 14.9. The Balaban J connectivity index is 1.85. The zero-order valence-electron chi connectivity index (χ0n) is 14.9. The summed E-state index contributed by atoms with van der Waals surface area (Å²) in [6.07, 6.45) is 3.23. The molecule has 0 bridgehead atoms. The van der Waals surface area contributed by atoms with Gasteiger partial charge in [-0.05, 0) is 42.7 Å². The Bertz CT molecular complexity index is 759. The van der Waals surface area contributed by atoms with E-state index in [2.05, 4.69) is 12.2 Å². The Kier molecular flexibility index (Phi) is 7.14. The number of hydrogen-bond acceptors (Lipinski definition) is 4. The third-order valence-corrected chi connectivity index (χ3v) is 3.79. The quantitative estimate of drug-likeness (QED) is 0.724. The Morgan fingerprint density at radius 1 is 1.12 bits per heavy atom. The lowest BCUT2D eigenvalue weighted by molar-refractivity contribution is -0.119. The van der Waals surface area contributed by atoms with Crippen LogP contribution in [0.2, 0.25) is 0 Å². The molecule has 2 rings (SSSR count). The molecule has 0 unspecified atom stereocenters. The standard InChI is InChI=1S/C20H22FNO4/c1-3-4-5-14-6-8-15(9-7-14)22-19(23)13-26-20(24)17-11-10-16(25-2)12-18(17)21/h6-12H,3-5,13H2,1-2H3,(H,22,23). The molecule has 138 valence electrons. The minimum atomic E-state index is -0.907. The molecule has 0 radical (unpaired) electrons. The summed E-state index contributed by atoms with van der Waals surface area (Å²) in [6.45, 7) is 1.63. The lowest BCUT2D eigenvalue weighted by Crippen LogP contribution is -2.21. The summed E-state index contributed by atoms with van der Waals surface area (Å²) >= 11 is 0. The second-order valence-corrected chi connectivity index (χ2v) is 5.77. The van der Waals surface area contributed by atoms with Crippen molar-refractivity contribution in [3.8, 4) is 5.75 Å². The van der Waals surface area contributed by atoms with Crippen molar-refractivity contribution in [3.63, 3.8) is 0 Å². The fourth-order valence-corrected chi connectivity index (χ4v) is 2.33. The summed E-state index contributed by atoms with van der Waals surface area (Å²) in [7, 11) is 1.40. The van der Waals surface area contributed by atoms with E-state index in [9.17, 15) is 14.0 Å². The van der Waals surface area contributed by atoms with Gasteiger partial charge in [0.25, 0.3) is 5.91 Å². The molecule has 0 fully saturated rings. The van der Waals surface area contributed by atoms with E-state index in [1.165, 1.54) is 24.8 Å². The number of rotatable bonds is 8. The van der Waals surface area contributed by atoms with Gasteiger partial charge < -0.3 is 14.8 Å². The third kappa shape index (κ3) is 5.58. The van der Waals surface area contributed by atoms with Crippen LogP contribution in [-0.4, -0.2) is 25.6 Å². The average Bonchev–Trinajstić information content (AvgIpc) is 2.65. The van der Waals surface area contributed by atoms with Gasteiger partial charge in [0.15, 0.2) is 6.61 Å². The molecule has 0 saturated heterocycles. The first-order valence-corrected chi connectivity index (χ1v) is 8.43. The molecule has 6 heteroatoms. The molecule has 0 aliphatic heterocycles. The number of esters is 1. The predicted molar refractivity (Wildman–Crippen MR) is 96.9 cm³/mol. The molecular weight excluding hydrogens is 337 g/mol. The molecule has 0 atom stereocenters. The molecule has 1 amide bonds. The Morgan fingerprint density at radius 2 is 1.85 bits per heavy atom. The highest BCUT2D eigenvalue weighted by Crippen LogP contribution is 2.17. The van der Waals surface area contributed by atoms with Gasteiger partial charge in [0.1, 0.15) is 11.6 Å². The van der Waals surface area contributed by atoms with Crippen molar-refractivity contribution in [3.05, 3.63) is 59.4 Å². The third-order valence-electron chi connectivity index (χ3n) is 3.79. The summed E-state index contributed by atoms with van der Waals surface area (Å²) in [5, 5.41) is 2.64. The van der Waals surface area contributed by atoms with Gasteiger partial charge in [0.05, 0.1) is 12.7 Å². The van der Waals surface area contributed by atoms with Crippen molar-refractivity contribution in [2.24, 2.45) is 0 Å². The SMILES string of the molecule is CCCCc1ccc(NC(=O)COC(=O)c2ccc(OC)cc2F)cc1. The number of aryl methyl sites for hydroxylation is 1. The fraction of sp³-hybridized carbons (Fsp3) is 0.300. The van der Waals surface area contributed by atoms with Gasteiger partial charge >= 0.3 is 5.97 Å². The highest BCUT2D eigenvalue weighted by molar-refractivity contribution is 5.95. The summed E-state index contributed by atoms with van der Waals surface area (Å²) < 4.78 is 23.5. The van der Waals surface area contributed by atoms with Crippen LogP contribution >= 0.6 is 0 Å². The van der Waals surface area contributed by atoms with E-state index in [1.54, 1.807) is 12.1 Å². The Labute approximate surface area is 152 Å². The maximum absolute atomic E-state index is 13.8. The molecule has 0 spiro atoms. The summed E-state index contributed by atoms with van der Waals surface area (Å²) in [4.78, 5) is 23.8. The van der Waals surface area contributed by atoms with Gasteiger partial charge in [-0.3, -0.25) is 4.79 Å². The zero-order chi connectivity index (χ0) is 18.9. The molecule has 0 aliphatic carbocycles. The highest BCUT2D eigenvalue weighted by Gasteiger charge is 2.15. The van der Waals surface area contributed by atoms with Crippen LogP contribution in [0.15, 0.2) is 42.5 Å². The lowest BCUT2D eigenvalue weighted by Gasteiger charge is -2.08. The van der Waals surface area contributed by atoms with E-state index in [0.717, 1.165) is 25.3 Å². The minimum Gasteiger partial charge on any atom is -0.497 e. The molecule has 5 nitrogen and oxygen atoms in total. The van der Waals surface area contributed by atoms with E-state index >= 15 is 0 Å². The van der Waals surface area contributed by atoms with Gasteiger partial charge in [-0.15, -0.1) is 0 Å². The van der Waals surface area contributed by atoms with Crippen LogP contribution in [0.25, 0.3) is 0 Å². The molecule has 26 heavy (non-hydrogen) atoms.